The van der Waals surface area contributed by atoms with Crippen LogP contribution in [0.15, 0.2) is 6.20 Å². The predicted molar refractivity (Wildman–Crippen MR) is 57.1 cm³/mol. The SMILES string of the molecule is CCc1ncc2n1CCC(CCN)C2. The molecule has 78 valence electrons. The Balaban J connectivity index is 2.12. The van der Waals surface area contributed by atoms with Crippen molar-refractivity contribution in [2.75, 3.05) is 6.54 Å². The lowest BCUT2D eigenvalue weighted by Crippen LogP contribution is -2.22. The van der Waals surface area contributed by atoms with Crippen LogP contribution in [0, 0.1) is 5.92 Å². The Morgan fingerprint density at radius 1 is 1.64 bits per heavy atom. The van der Waals surface area contributed by atoms with E-state index in [9.17, 15) is 0 Å². The second kappa shape index (κ2) is 4.13. The number of fused-ring (bicyclic) bond motifs is 1. The quantitative estimate of drug-likeness (QED) is 0.787. The Morgan fingerprint density at radius 3 is 3.21 bits per heavy atom. The van der Waals surface area contributed by atoms with E-state index in [1.807, 2.05) is 6.20 Å². The van der Waals surface area contributed by atoms with Gasteiger partial charge in [0.25, 0.3) is 0 Å². The molecular formula is C11H19N3. The van der Waals surface area contributed by atoms with Crippen molar-refractivity contribution in [1.82, 2.24) is 9.55 Å². The van der Waals surface area contributed by atoms with Crippen LogP contribution in [0.4, 0.5) is 0 Å². The number of hydrogen-bond acceptors (Lipinski definition) is 2. The van der Waals surface area contributed by atoms with E-state index in [2.05, 4.69) is 16.5 Å². The van der Waals surface area contributed by atoms with Gasteiger partial charge in [-0.2, -0.15) is 0 Å². The van der Waals surface area contributed by atoms with Gasteiger partial charge in [-0.3, -0.25) is 0 Å². The summed E-state index contributed by atoms with van der Waals surface area (Å²) >= 11 is 0. The van der Waals surface area contributed by atoms with E-state index in [0.29, 0.717) is 0 Å². The monoisotopic (exact) mass is 193 g/mol. The molecule has 0 spiro atoms. The minimum Gasteiger partial charge on any atom is -0.332 e. The molecule has 1 unspecified atom stereocenters. The molecule has 0 aliphatic carbocycles. The summed E-state index contributed by atoms with van der Waals surface area (Å²) in [6.07, 6.45) is 6.69. The third-order valence-corrected chi connectivity index (χ3v) is 3.17. The molecule has 1 aromatic heterocycles. The summed E-state index contributed by atoms with van der Waals surface area (Å²) in [4.78, 5) is 4.44. The molecular weight excluding hydrogens is 174 g/mol. The average Bonchev–Trinajstić information content (AvgIpc) is 2.60. The van der Waals surface area contributed by atoms with Crippen molar-refractivity contribution < 1.29 is 0 Å². The zero-order chi connectivity index (χ0) is 9.97. The van der Waals surface area contributed by atoms with Gasteiger partial charge < -0.3 is 10.3 Å². The van der Waals surface area contributed by atoms with Gasteiger partial charge in [-0.05, 0) is 31.7 Å². The van der Waals surface area contributed by atoms with Crippen molar-refractivity contribution in [1.29, 1.82) is 0 Å². The highest BCUT2D eigenvalue weighted by Crippen LogP contribution is 2.23. The van der Waals surface area contributed by atoms with Gasteiger partial charge in [-0.25, -0.2) is 4.98 Å². The van der Waals surface area contributed by atoms with Gasteiger partial charge in [0.05, 0.1) is 0 Å². The molecule has 2 rings (SSSR count). The largest absolute Gasteiger partial charge is 0.332 e. The summed E-state index contributed by atoms with van der Waals surface area (Å²) in [6.45, 7) is 4.13. The van der Waals surface area contributed by atoms with E-state index >= 15 is 0 Å². The summed E-state index contributed by atoms with van der Waals surface area (Å²) in [7, 11) is 0. The summed E-state index contributed by atoms with van der Waals surface area (Å²) in [5.74, 6) is 2.03. The molecule has 3 heteroatoms. The van der Waals surface area contributed by atoms with Crippen LogP contribution in [-0.4, -0.2) is 16.1 Å². The zero-order valence-corrected chi connectivity index (χ0v) is 8.87. The molecule has 1 aliphatic heterocycles. The van der Waals surface area contributed by atoms with Gasteiger partial charge >= 0.3 is 0 Å². The molecule has 0 bridgehead atoms. The molecule has 2 heterocycles. The maximum Gasteiger partial charge on any atom is 0.108 e. The highest BCUT2D eigenvalue weighted by Gasteiger charge is 2.19. The summed E-state index contributed by atoms with van der Waals surface area (Å²) in [6, 6.07) is 0. The maximum absolute atomic E-state index is 5.59. The number of aromatic nitrogens is 2. The molecule has 1 aliphatic rings. The molecule has 3 nitrogen and oxygen atoms in total. The van der Waals surface area contributed by atoms with E-state index in [4.69, 9.17) is 5.73 Å². The van der Waals surface area contributed by atoms with Crippen LogP contribution < -0.4 is 5.73 Å². The fraction of sp³-hybridized carbons (Fsp3) is 0.727. The number of rotatable bonds is 3. The smallest absolute Gasteiger partial charge is 0.108 e. The Bertz CT molecular complexity index is 303. The fourth-order valence-electron chi connectivity index (χ4n) is 2.36. The van der Waals surface area contributed by atoms with Gasteiger partial charge in [0, 0.05) is 24.9 Å². The van der Waals surface area contributed by atoms with Gasteiger partial charge in [-0.15, -0.1) is 0 Å². The Hall–Kier alpha value is -0.830. The molecule has 1 aromatic rings. The third-order valence-electron chi connectivity index (χ3n) is 3.17. The van der Waals surface area contributed by atoms with E-state index in [1.54, 1.807) is 0 Å². The van der Waals surface area contributed by atoms with Crippen LogP contribution in [-0.2, 0) is 19.4 Å². The van der Waals surface area contributed by atoms with Crippen molar-refractivity contribution in [2.45, 2.75) is 39.2 Å². The van der Waals surface area contributed by atoms with E-state index in [-0.39, 0.29) is 0 Å². The second-order valence-electron chi connectivity index (χ2n) is 4.11. The molecule has 0 saturated carbocycles. The molecule has 0 fully saturated rings. The molecule has 0 aromatic carbocycles. The second-order valence-corrected chi connectivity index (χ2v) is 4.11. The normalized spacial score (nSPS) is 20.9. The average molecular weight is 193 g/mol. The molecule has 0 amide bonds. The van der Waals surface area contributed by atoms with Crippen LogP contribution in [0.1, 0.15) is 31.3 Å². The molecule has 14 heavy (non-hydrogen) atoms. The minimum atomic E-state index is 0.786. The van der Waals surface area contributed by atoms with E-state index in [0.717, 1.165) is 31.8 Å². The summed E-state index contributed by atoms with van der Waals surface area (Å²) < 4.78 is 2.38. The zero-order valence-electron chi connectivity index (χ0n) is 8.87. The van der Waals surface area contributed by atoms with Crippen LogP contribution in [0.25, 0.3) is 0 Å². The first kappa shape index (κ1) is 9.71. The van der Waals surface area contributed by atoms with Crippen LogP contribution in [0.3, 0.4) is 0 Å². The Morgan fingerprint density at radius 2 is 2.50 bits per heavy atom. The maximum atomic E-state index is 5.59. The molecule has 0 radical (unpaired) electrons. The van der Waals surface area contributed by atoms with Crippen molar-refractivity contribution in [3.8, 4) is 0 Å². The van der Waals surface area contributed by atoms with Crippen molar-refractivity contribution in [3.63, 3.8) is 0 Å². The lowest BCUT2D eigenvalue weighted by molar-refractivity contribution is 0.366. The minimum absolute atomic E-state index is 0.786. The first-order chi connectivity index (χ1) is 6.85. The molecule has 0 saturated heterocycles. The van der Waals surface area contributed by atoms with Crippen LogP contribution >= 0.6 is 0 Å². The van der Waals surface area contributed by atoms with Gasteiger partial charge in [-0.1, -0.05) is 6.92 Å². The van der Waals surface area contributed by atoms with E-state index in [1.165, 1.54) is 24.4 Å². The predicted octanol–water partition coefficient (Wildman–Crippen LogP) is 1.36. The Kier molecular flexibility index (Phi) is 2.87. The van der Waals surface area contributed by atoms with Crippen LogP contribution in [0.2, 0.25) is 0 Å². The van der Waals surface area contributed by atoms with Crippen LogP contribution in [0.5, 0.6) is 0 Å². The lowest BCUT2D eigenvalue weighted by atomic mass is 9.93. The number of aryl methyl sites for hydroxylation is 1. The van der Waals surface area contributed by atoms with Crippen molar-refractivity contribution >= 4 is 0 Å². The number of imidazole rings is 1. The van der Waals surface area contributed by atoms with E-state index < -0.39 is 0 Å². The third kappa shape index (κ3) is 1.69. The first-order valence-corrected chi connectivity index (χ1v) is 5.58. The number of nitrogens with zero attached hydrogens (tertiary/aromatic N) is 2. The lowest BCUT2D eigenvalue weighted by Gasteiger charge is -2.24. The van der Waals surface area contributed by atoms with Gasteiger partial charge in [0.15, 0.2) is 0 Å². The number of hydrogen-bond donors (Lipinski definition) is 1. The van der Waals surface area contributed by atoms with Crippen molar-refractivity contribution in [2.24, 2.45) is 11.7 Å². The number of nitrogens with two attached hydrogens (primary N) is 1. The molecule has 1 atom stereocenters. The summed E-state index contributed by atoms with van der Waals surface area (Å²) in [5, 5.41) is 0. The van der Waals surface area contributed by atoms with Gasteiger partial charge in [0.1, 0.15) is 5.82 Å². The summed E-state index contributed by atoms with van der Waals surface area (Å²) in [5.41, 5.74) is 7.00. The fourth-order valence-corrected chi connectivity index (χ4v) is 2.36. The highest BCUT2D eigenvalue weighted by atomic mass is 15.1. The topological polar surface area (TPSA) is 43.8 Å². The van der Waals surface area contributed by atoms with Crippen molar-refractivity contribution in [3.05, 3.63) is 17.7 Å². The first-order valence-electron chi connectivity index (χ1n) is 5.58. The molecule has 2 N–H and O–H groups in total. The standard InChI is InChI=1S/C11H19N3/c1-2-11-13-8-10-7-9(3-5-12)4-6-14(10)11/h8-9H,2-7,12H2,1H3. The Labute approximate surface area is 85.3 Å². The highest BCUT2D eigenvalue weighted by molar-refractivity contribution is 5.09. The van der Waals surface area contributed by atoms with Gasteiger partial charge in [0.2, 0.25) is 0 Å².